The standard InChI is InChI=1S/C26H41N3O4SSi/c1-16(2)35(17(3)4,18(5)6)33-23-10-21(9-20(23)12-30)29-26-22(11-27-15-28-26)25(31)24-8-19(13-32-7)14-34-24/h8,11,14-18,20-21,23,30H,9-10,12-13H2,1-7H3,(H,27,28,29)/t20-,21-,23+/m1/s1. The highest BCUT2D eigenvalue weighted by atomic mass is 32.1. The van der Waals surface area contributed by atoms with Gasteiger partial charge in [-0.2, -0.15) is 0 Å². The second-order valence-corrected chi connectivity index (χ2v) is 16.9. The predicted octanol–water partition coefficient (Wildman–Crippen LogP) is 5.66. The lowest BCUT2D eigenvalue weighted by Crippen LogP contribution is -2.51. The fourth-order valence-electron chi connectivity index (χ4n) is 5.88. The first-order chi connectivity index (χ1) is 16.6. The van der Waals surface area contributed by atoms with Crippen LogP contribution >= 0.6 is 11.3 Å². The molecule has 3 rings (SSSR count). The molecule has 0 bridgehead atoms. The van der Waals surface area contributed by atoms with Gasteiger partial charge in [-0.05, 0) is 46.5 Å². The van der Waals surface area contributed by atoms with Crippen LogP contribution in [0.5, 0.6) is 0 Å². The van der Waals surface area contributed by atoms with Gasteiger partial charge in [0.05, 0.1) is 23.2 Å². The number of hydrogen-bond donors (Lipinski definition) is 2. The van der Waals surface area contributed by atoms with Gasteiger partial charge >= 0.3 is 0 Å². The van der Waals surface area contributed by atoms with E-state index in [0.29, 0.717) is 39.5 Å². The van der Waals surface area contributed by atoms with Crippen molar-refractivity contribution in [3.05, 3.63) is 40.0 Å². The lowest BCUT2D eigenvalue weighted by Gasteiger charge is -2.45. The number of hydrogen-bond acceptors (Lipinski definition) is 8. The Morgan fingerprint density at radius 3 is 2.49 bits per heavy atom. The number of aliphatic hydroxyl groups excluding tert-OH is 1. The lowest BCUT2D eigenvalue weighted by atomic mass is 10.1. The molecule has 194 valence electrons. The summed E-state index contributed by atoms with van der Waals surface area (Å²) in [6.07, 6.45) is 4.58. The number of aliphatic hydroxyl groups is 1. The molecule has 0 aliphatic heterocycles. The molecule has 9 heteroatoms. The first kappa shape index (κ1) is 27.9. The van der Waals surface area contributed by atoms with Gasteiger partial charge in [0, 0.05) is 31.9 Å². The van der Waals surface area contributed by atoms with Crippen LogP contribution in [0.25, 0.3) is 0 Å². The van der Waals surface area contributed by atoms with Crippen LogP contribution in [-0.2, 0) is 15.8 Å². The number of carbonyl (C=O) groups is 1. The minimum atomic E-state index is -2.08. The van der Waals surface area contributed by atoms with Crippen LogP contribution in [0, 0.1) is 5.92 Å². The molecule has 1 aliphatic carbocycles. The Balaban J connectivity index is 1.79. The fraction of sp³-hybridized carbons (Fsp3) is 0.654. The number of ether oxygens (including phenoxy) is 1. The Kier molecular flexibility index (Phi) is 9.62. The summed E-state index contributed by atoms with van der Waals surface area (Å²) >= 11 is 1.40. The Morgan fingerprint density at radius 2 is 1.89 bits per heavy atom. The summed E-state index contributed by atoms with van der Waals surface area (Å²) in [5.41, 5.74) is 2.87. The molecule has 1 saturated carbocycles. The maximum atomic E-state index is 13.2. The lowest BCUT2D eigenvalue weighted by molar-refractivity contribution is 0.0941. The van der Waals surface area contributed by atoms with Crippen molar-refractivity contribution in [3.63, 3.8) is 0 Å². The molecule has 0 saturated heterocycles. The number of anilines is 1. The van der Waals surface area contributed by atoms with E-state index in [1.807, 2.05) is 11.4 Å². The van der Waals surface area contributed by atoms with Gasteiger partial charge in [0.1, 0.15) is 12.1 Å². The van der Waals surface area contributed by atoms with Gasteiger partial charge < -0.3 is 19.6 Å². The number of thiophene rings is 1. The van der Waals surface area contributed by atoms with E-state index in [0.717, 1.165) is 18.4 Å². The van der Waals surface area contributed by atoms with Crippen LogP contribution in [0.15, 0.2) is 24.0 Å². The molecular formula is C26H41N3O4SSi. The second kappa shape index (κ2) is 12.1. The number of carbonyl (C=O) groups excluding carboxylic acids is 1. The van der Waals surface area contributed by atoms with Crippen LogP contribution in [0.3, 0.4) is 0 Å². The van der Waals surface area contributed by atoms with E-state index < -0.39 is 8.32 Å². The van der Waals surface area contributed by atoms with Crippen LogP contribution in [0.1, 0.15) is 75.2 Å². The Labute approximate surface area is 214 Å². The van der Waals surface area contributed by atoms with Gasteiger partial charge in [-0.3, -0.25) is 4.79 Å². The van der Waals surface area contributed by atoms with Crippen molar-refractivity contribution in [2.45, 2.75) is 89.8 Å². The molecule has 3 atom stereocenters. The Hall–Kier alpha value is -1.65. The summed E-state index contributed by atoms with van der Waals surface area (Å²) in [4.78, 5) is 22.4. The van der Waals surface area contributed by atoms with Crippen molar-refractivity contribution in [1.29, 1.82) is 0 Å². The monoisotopic (exact) mass is 519 g/mol. The van der Waals surface area contributed by atoms with Gasteiger partial charge in [-0.15, -0.1) is 11.3 Å². The van der Waals surface area contributed by atoms with Gasteiger partial charge in [0.25, 0.3) is 0 Å². The van der Waals surface area contributed by atoms with E-state index in [2.05, 4.69) is 56.8 Å². The van der Waals surface area contributed by atoms with Gasteiger partial charge in [-0.1, -0.05) is 41.5 Å². The van der Waals surface area contributed by atoms with Crippen LogP contribution < -0.4 is 5.32 Å². The van der Waals surface area contributed by atoms with Crippen molar-refractivity contribution in [2.75, 3.05) is 19.0 Å². The first-order valence-corrected chi connectivity index (χ1v) is 15.6. The number of methoxy groups -OCH3 is 1. The highest BCUT2D eigenvalue weighted by molar-refractivity contribution is 7.12. The van der Waals surface area contributed by atoms with Crippen molar-refractivity contribution in [2.24, 2.45) is 5.92 Å². The fourth-order valence-corrected chi connectivity index (χ4v) is 12.4. The zero-order chi connectivity index (χ0) is 25.8. The molecule has 0 spiro atoms. The van der Waals surface area contributed by atoms with E-state index in [1.54, 1.807) is 13.3 Å². The van der Waals surface area contributed by atoms with Crippen LogP contribution in [0.4, 0.5) is 5.82 Å². The quantitative estimate of drug-likeness (QED) is 0.276. The maximum absolute atomic E-state index is 13.2. The van der Waals surface area contributed by atoms with Crippen LogP contribution in [0.2, 0.25) is 16.6 Å². The summed E-state index contributed by atoms with van der Waals surface area (Å²) in [6, 6.07) is 1.92. The largest absolute Gasteiger partial charge is 0.413 e. The summed E-state index contributed by atoms with van der Waals surface area (Å²) in [5.74, 6) is 0.496. The van der Waals surface area contributed by atoms with Gasteiger partial charge in [-0.25, -0.2) is 9.97 Å². The molecule has 2 N–H and O–H groups in total. The van der Waals surface area contributed by atoms with Crippen LogP contribution in [-0.4, -0.2) is 55.0 Å². The molecule has 0 radical (unpaired) electrons. The molecule has 2 aromatic heterocycles. The van der Waals surface area contributed by atoms with E-state index in [9.17, 15) is 9.90 Å². The molecule has 35 heavy (non-hydrogen) atoms. The third kappa shape index (κ3) is 6.02. The first-order valence-electron chi connectivity index (χ1n) is 12.6. The molecule has 2 aromatic rings. The number of nitrogens with one attached hydrogen (secondary N) is 1. The van der Waals surface area contributed by atoms with Crippen molar-refractivity contribution < 1.29 is 19.1 Å². The van der Waals surface area contributed by atoms with Gasteiger partial charge in [0.2, 0.25) is 14.1 Å². The summed E-state index contributed by atoms with van der Waals surface area (Å²) in [6.45, 7) is 14.3. The van der Waals surface area contributed by atoms with Crippen molar-refractivity contribution in [3.8, 4) is 0 Å². The molecular weight excluding hydrogens is 478 g/mol. The smallest absolute Gasteiger partial charge is 0.208 e. The van der Waals surface area contributed by atoms with E-state index >= 15 is 0 Å². The molecule has 2 heterocycles. The molecule has 1 fully saturated rings. The third-order valence-corrected chi connectivity index (χ3v) is 14.5. The zero-order valence-corrected chi connectivity index (χ0v) is 23.9. The number of nitrogens with zero attached hydrogens (tertiary/aromatic N) is 2. The van der Waals surface area contributed by atoms with E-state index in [1.165, 1.54) is 17.7 Å². The molecule has 0 aromatic carbocycles. The van der Waals surface area contributed by atoms with E-state index in [-0.39, 0.29) is 30.5 Å². The maximum Gasteiger partial charge on any atom is 0.208 e. The Bertz CT molecular complexity index is 959. The molecule has 1 aliphatic rings. The topological polar surface area (TPSA) is 93.6 Å². The Morgan fingerprint density at radius 1 is 1.20 bits per heavy atom. The summed E-state index contributed by atoms with van der Waals surface area (Å²) in [7, 11) is -0.438. The van der Waals surface area contributed by atoms with Crippen molar-refractivity contribution in [1.82, 2.24) is 9.97 Å². The van der Waals surface area contributed by atoms with Gasteiger partial charge in [0.15, 0.2) is 0 Å². The second-order valence-electron chi connectivity index (χ2n) is 10.6. The minimum Gasteiger partial charge on any atom is -0.413 e. The van der Waals surface area contributed by atoms with Crippen molar-refractivity contribution >= 4 is 31.3 Å². The average Bonchev–Trinajstić information content (AvgIpc) is 3.43. The molecule has 0 amide bonds. The SMILES string of the molecule is COCc1csc(C(=O)c2cncnc2N[C@@H]2C[C@H](CO)[C@@H](O[Si](C(C)C)(C(C)C)C(C)C)C2)c1. The average molecular weight is 520 g/mol. The number of aromatic nitrogens is 2. The molecule has 7 nitrogen and oxygen atoms in total. The predicted molar refractivity (Wildman–Crippen MR) is 144 cm³/mol. The number of rotatable bonds is 12. The third-order valence-electron chi connectivity index (χ3n) is 7.41. The zero-order valence-electron chi connectivity index (χ0n) is 22.1. The highest BCUT2D eigenvalue weighted by Gasteiger charge is 2.49. The number of ketones is 1. The summed E-state index contributed by atoms with van der Waals surface area (Å²) < 4.78 is 12.2. The minimum absolute atomic E-state index is 0.00810. The normalized spacial score (nSPS) is 20.8. The molecule has 0 unspecified atom stereocenters. The highest BCUT2D eigenvalue weighted by Crippen LogP contribution is 2.46. The summed E-state index contributed by atoms with van der Waals surface area (Å²) in [5, 5.41) is 15.6. The van der Waals surface area contributed by atoms with E-state index in [4.69, 9.17) is 9.16 Å².